The minimum atomic E-state index is -0.770. The Kier molecular flexibility index (Phi) is 4.47. The van der Waals surface area contributed by atoms with Crippen molar-refractivity contribution in [3.05, 3.63) is 71.1 Å². The molecule has 4 aromatic rings. The van der Waals surface area contributed by atoms with Gasteiger partial charge in [-0.1, -0.05) is 30.3 Å². The molecule has 140 valence electrons. The predicted octanol–water partition coefficient (Wildman–Crippen LogP) is 2.31. The number of anilines is 1. The highest BCUT2D eigenvalue weighted by Gasteiger charge is 2.20. The molecule has 2 aromatic carbocycles. The summed E-state index contributed by atoms with van der Waals surface area (Å²) in [6.45, 7) is -0.498. The highest BCUT2D eigenvalue weighted by Crippen LogP contribution is 2.23. The quantitative estimate of drug-likeness (QED) is 0.457. The average molecular weight is 378 g/mol. The molecule has 0 unspecified atom stereocenters. The number of oxazole rings is 1. The maximum absolute atomic E-state index is 12.3. The van der Waals surface area contributed by atoms with E-state index in [1.165, 1.54) is 0 Å². The van der Waals surface area contributed by atoms with Crippen molar-refractivity contribution in [2.24, 2.45) is 0 Å². The minimum Gasteiger partial charge on any atom is -0.451 e. The van der Waals surface area contributed by atoms with Gasteiger partial charge in [0.05, 0.1) is 11.0 Å². The first-order valence-electron chi connectivity index (χ1n) is 8.28. The van der Waals surface area contributed by atoms with Gasteiger partial charge in [-0.2, -0.15) is 0 Å². The van der Waals surface area contributed by atoms with Crippen molar-refractivity contribution in [3.8, 4) is 11.3 Å². The molecule has 9 heteroatoms. The number of carbonyl (C=O) groups is 2. The van der Waals surface area contributed by atoms with E-state index >= 15 is 0 Å². The first-order valence-corrected chi connectivity index (χ1v) is 8.28. The van der Waals surface area contributed by atoms with Crippen LogP contribution in [0.5, 0.6) is 0 Å². The van der Waals surface area contributed by atoms with Crippen LogP contribution in [-0.4, -0.2) is 33.4 Å². The zero-order valence-corrected chi connectivity index (χ0v) is 14.4. The first-order chi connectivity index (χ1) is 13.6. The molecule has 0 fully saturated rings. The topological polar surface area (TPSA) is 130 Å². The molecule has 2 aromatic heterocycles. The van der Waals surface area contributed by atoms with Crippen LogP contribution in [0.25, 0.3) is 22.4 Å². The Morgan fingerprint density at radius 1 is 1.07 bits per heavy atom. The maximum atomic E-state index is 12.3. The number of aromatic amines is 2. The number of hydrogen-bond donors (Lipinski definition) is 3. The van der Waals surface area contributed by atoms with Gasteiger partial charge in [-0.05, 0) is 18.2 Å². The number of amides is 1. The van der Waals surface area contributed by atoms with Gasteiger partial charge in [0.25, 0.3) is 5.91 Å². The average Bonchev–Trinajstić information content (AvgIpc) is 3.32. The van der Waals surface area contributed by atoms with Gasteiger partial charge in [-0.25, -0.2) is 14.6 Å². The van der Waals surface area contributed by atoms with Crippen LogP contribution in [0.1, 0.15) is 10.5 Å². The van der Waals surface area contributed by atoms with Crippen LogP contribution in [0.3, 0.4) is 0 Å². The van der Waals surface area contributed by atoms with Crippen LogP contribution in [0.4, 0.5) is 5.69 Å². The molecule has 28 heavy (non-hydrogen) atoms. The summed E-state index contributed by atoms with van der Waals surface area (Å²) < 4.78 is 10.3. The fourth-order valence-corrected chi connectivity index (χ4v) is 2.69. The van der Waals surface area contributed by atoms with Crippen LogP contribution in [0.15, 0.2) is 64.1 Å². The Hall–Kier alpha value is -4.14. The van der Waals surface area contributed by atoms with E-state index in [-0.39, 0.29) is 17.1 Å². The van der Waals surface area contributed by atoms with Gasteiger partial charge in [0, 0.05) is 11.3 Å². The molecule has 0 aliphatic rings. The first kappa shape index (κ1) is 17.3. The number of aromatic nitrogens is 3. The lowest BCUT2D eigenvalue weighted by Gasteiger charge is -2.06. The zero-order chi connectivity index (χ0) is 19.5. The monoisotopic (exact) mass is 378 g/mol. The molecule has 2 heterocycles. The van der Waals surface area contributed by atoms with Crippen molar-refractivity contribution >= 4 is 28.6 Å². The Balaban J connectivity index is 1.40. The summed E-state index contributed by atoms with van der Waals surface area (Å²) in [5, 5.41) is 2.59. The van der Waals surface area contributed by atoms with Gasteiger partial charge in [-0.3, -0.25) is 4.79 Å². The number of ether oxygens (including phenoxy) is 1. The highest BCUT2D eigenvalue weighted by atomic mass is 16.5. The fraction of sp³-hybridized carbons (Fsp3) is 0.0526. The van der Waals surface area contributed by atoms with Crippen molar-refractivity contribution in [2.45, 2.75) is 0 Å². The summed E-state index contributed by atoms with van der Waals surface area (Å²) in [5.74, 6) is -1.03. The molecule has 0 aliphatic heterocycles. The molecular weight excluding hydrogens is 364 g/mol. The summed E-state index contributed by atoms with van der Waals surface area (Å²) in [7, 11) is 0. The van der Waals surface area contributed by atoms with Gasteiger partial charge >= 0.3 is 11.7 Å². The number of esters is 1. The second kappa shape index (κ2) is 7.23. The molecule has 9 nitrogen and oxygen atoms in total. The van der Waals surface area contributed by atoms with E-state index in [2.05, 4.69) is 20.3 Å². The summed E-state index contributed by atoms with van der Waals surface area (Å²) in [6.07, 6.45) is 1.14. The Morgan fingerprint density at radius 3 is 2.68 bits per heavy atom. The van der Waals surface area contributed by atoms with E-state index in [9.17, 15) is 14.4 Å². The third kappa shape index (κ3) is 3.54. The Labute approximate surface area is 157 Å². The second-order valence-electron chi connectivity index (χ2n) is 5.86. The van der Waals surface area contributed by atoms with Crippen LogP contribution in [0, 0.1) is 0 Å². The molecule has 0 bridgehead atoms. The third-order valence-electron chi connectivity index (χ3n) is 3.93. The lowest BCUT2D eigenvalue weighted by molar-refractivity contribution is -0.119. The lowest BCUT2D eigenvalue weighted by atomic mass is 10.1. The molecule has 0 spiro atoms. The zero-order valence-electron chi connectivity index (χ0n) is 14.4. The van der Waals surface area contributed by atoms with Gasteiger partial charge in [0.2, 0.25) is 0 Å². The van der Waals surface area contributed by atoms with Crippen molar-refractivity contribution in [1.29, 1.82) is 0 Å². The normalized spacial score (nSPS) is 10.7. The molecule has 0 radical (unpaired) electrons. The molecule has 4 rings (SSSR count). The molecule has 3 N–H and O–H groups in total. The number of H-pyrrole nitrogens is 2. The number of rotatable bonds is 5. The minimum absolute atomic E-state index is 0.00897. The van der Waals surface area contributed by atoms with E-state index < -0.39 is 18.5 Å². The predicted molar refractivity (Wildman–Crippen MR) is 99.8 cm³/mol. The van der Waals surface area contributed by atoms with Crippen LogP contribution >= 0.6 is 0 Å². The number of hydrogen-bond acceptors (Lipinski definition) is 6. The van der Waals surface area contributed by atoms with Crippen LogP contribution in [0.2, 0.25) is 0 Å². The Morgan fingerprint density at radius 2 is 1.86 bits per heavy atom. The number of nitrogens with one attached hydrogen (secondary N) is 3. The van der Waals surface area contributed by atoms with Gasteiger partial charge in [-0.15, -0.1) is 0 Å². The second-order valence-corrected chi connectivity index (χ2v) is 5.86. The number of carbonyl (C=O) groups excluding carboxylic acids is 2. The number of benzene rings is 2. The molecular formula is C19H14N4O5. The summed E-state index contributed by atoms with van der Waals surface area (Å²) in [5.41, 5.74) is 1.95. The summed E-state index contributed by atoms with van der Waals surface area (Å²) in [6, 6.07) is 13.8. The maximum Gasteiger partial charge on any atom is 0.361 e. The molecule has 1 amide bonds. The van der Waals surface area contributed by atoms with Crippen molar-refractivity contribution in [2.75, 3.05) is 11.9 Å². The van der Waals surface area contributed by atoms with Crippen molar-refractivity contribution < 1.29 is 18.7 Å². The SMILES string of the molecule is O=C(COC(=O)c1ncoc1-c1ccccc1)Nc1ccc2[nH]c(=O)[nH]c2c1. The Bertz CT molecular complexity index is 1210. The molecule has 0 atom stereocenters. The van der Waals surface area contributed by atoms with Crippen molar-refractivity contribution in [1.82, 2.24) is 15.0 Å². The van der Waals surface area contributed by atoms with Gasteiger partial charge in [0.1, 0.15) is 0 Å². The van der Waals surface area contributed by atoms with E-state index in [4.69, 9.17) is 9.15 Å². The fourth-order valence-electron chi connectivity index (χ4n) is 2.69. The van der Waals surface area contributed by atoms with E-state index in [1.54, 1.807) is 42.5 Å². The van der Waals surface area contributed by atoms with Gasteiger partial charge < -0.3 is 24.4 Å². The smallest absolute Gasteiger partial charge is 0.361 e. The molecule has 0 aliphatic carbocycles. The summed E-state index contributed by atoms with van der Waals surface area (Å²) >= 11 is 0. The number of nitrogens with zero attached hydrogens (tertiary/aromatic N) is 1. The number of imidazole rings is 1. The summed E-state index contributed by atoms with van der Waals surface area (Å²) in [4.78, 5) is 44.7. The van der Waals surface area contributed by atoms with Crippen LogP contribution < -0.4 is 11.0 Å². The van der Waals surface area contributed by atoms with E-state index in [1.807, 2.05) is 6.07 Å². The van der Waals surface area contributed by atoms with E-state index in [0.717, 1.165) is 6.39 Å². The van der Waals surface area contributed by atoms with Crippen LogP contribution in [-0.2, 0) is 9.53 Å². The third-order valence-corrected chi connectivity index (χ3v) is 3.93. The largest absolute Gasteiger partial charge is 0.451 e. The molecule has 0 saturated carbocycles. The van der Waals surface area contributed by atoms with Crippen molar-refractivity contribution in [3.63, 3.8) is 0 Å². The molecule has 0 saturated heterocycles. The van der Waals surface area contributed by atoms with E-state index in [0.29, 0.717) is 22.3 Å². The van der Waals surface area contributed by atoms with Gasteiger partial charge in [0.15, 0.2) is 24.5 Å². The number of fused-ring (bicyclic) bond motifs is 1. The standard InChI is InChI=1S/C19H14N4O5/c24-15(21-12-6-7-13-14(8-12)23-19(26)22-13)9-27-18(25)16-17(28-10-20-16)11-4-2-1-3-5-11/h1-8,10H,9H2,(H,21,24)(H2,22,23,26). The lowest BCUT2D eigenvalue weighted by Crippen LogP contribution is -2.21. The highest BCUT2D eigenvalue weighted by molar-refractivity contribution is 5.97.